The Morgan fingerprint density at radius 2 is 1.77 bits per heavy atom. The summed E-state index contributed by atoms with van der Waals surface area (Å²) in [6, 6.07) is 13.9. The second-order valence-corrected chi connectivity index (χ2v) is 6.07. The van der Waals surface area contributed by atoms with Crippen molar-refractivity contribution in [2.45, 2.75) is 12.8 Å². The van der Waals surface area contributed by atoms with Crippen LogP contribution in [-0.2, 0) is 11.2 Å². The minimum absolute atomic E-state index is 0.0111. The number of aryl methyl sites for hydroxylation is 1. The molecule has 0 heterocycles. The topological polar surface area (TPSA) is 38.3 Å². The maximum absolute atomic E-state index is 12.8. The van der Waals surface area contributed by atoms with Crippen LogP contribution in [0.3, 0.4) is 0 Å². The van der Waals surface area contributed by atoms with E-state index in [0.717, 1.165) is 22.0 Å². The Kier molecular flexibility index (Phi) is 6.64. The first-order valence-corrected chi connectivity index (χ1v) is 8.11. The molecule has 0 saturated carbocycles. The van der Waals surface area contributed by atoms with E-state index in [2.05, 4.69) is 27.9 Å². The van der Waals surface area contributed by atoms with Crippen LogP contribution in [-0.4, -0.2) is 19.1 Å². The third-order valence-electron chi connectivity index (χ3n) is 3.06. The van der Waals surface area contributed by atoms with Crippen LogP contribution in [0.4, 0.5) is 4.39 Å². The highest BCUT2D eigenvalue weighted by atomic mass is 127. The maximum Gasteiger partial charge on any atom is 0.257 e. The maximum atomic E-state index is 12.8. The molecule has 0 aromatic heterocycles. The van der Waals surface area contributed by atoms with Crippen LogP contribution in [0.1, 0.15) is 12.0 Å². The molecule has 0 atom stereocenters. The average Bonchev–Trinajstić information content (AvgIpc) is 2.53. The predicted molar refractivity (Wildman–Crippen MR) is 92.4 cm³/mol. The minimum atomic E-state index is -0.232. The molecule has 0 fully saturated rings. The molecule has 2 rings (SSSR count). The Balaban J connectivity index is 1.61. The van der Waals surface area contributed by atoms with Gasteiger partial charge in [-0.05, 0) is 77.4 Å². The van der Waals surface area contributed by atoms with E-state index < -0.39 is 0 Å². The predicted octanol–water partition coefficient (Wildman–Crippen LogP) is 3.56. The van der Waals surface area contributed by atoms with E-state index in [9.17, 15) is 9.18 Å². The van der Waals surface area contributed by atoms with Crippen LogP contribution >= 0.6 is 22.6 Å². The quantitative estimate of drug-likeness (QED) is 0.557. The van der Waals surface area contributed by atoms with Crippen molar-refractivity contribution in [1.29, 1.82) is 0 Å². The van der Waals surface area contributed by atoms with Crippen molar-refractivity contribution in [3.05, 3.63) is 63.5 Å². The lowest BCUT2D eigenvalue weighted by Crippen LogP contribution is -2.29. The van der Waals surface area contributed by atoms with E-state index >= 15 is 0 Å². The van der Waals surface area contributed by atoms with E-state index in [1.54, 1.807) is 12.1 Å². The lowest BCUT2D eigenvalue weighted by Gasteiger charge is -2.07. The molecule has 5 heteroatoms. The first-order chi connectivity index (χ1) is 10.6. The van der Waals surface area contributed by atoms with Crippen molar-refractivity contribution in [2.24, 2.45) is 0 Å². The average molecular weight is 413 g/mol. The van der Waals surface area contributed by atoms with Crippen molar-refractivity contribution in [3.63, 3.8) is 0 Å². The van der Waals surface area contributed by atoms with E-state index in [0.29, 0.717) is 12.3 Å². The number of carbonyl (C=O) groups is 1. The van der Waals surface area contributed by atoms with E-state index in [4.69, 9.17) is 4.74 Å². The first-order valence-electron chi connectivity index (χ1n) is 7.03. The number of hydrogen-bond donors (Lipinski definition) is 1. The summed E-state index contributed by atoms with van der Waals surface area (Å²) in [5, 5.41) is 2.81. The molecule has 0 radical (unpaired) electrons. The van der Waals surface area contributed by atoms with Crippen LogP contribution in [0.25, 0.3) is 0 Å². The Morgan fingerprint density at radius 1 is 1.09 bits per heavy atom. The SMILES string of the molecule is O=C(COc1ccc(I)cc1)NCCCc1ccc(F)cc1. The van der Waals surface area contributed by atoms with Gasteiger partial charge in [0.15, 0.2) is 6.61 Å². The summed E-state index contributed by atoms with van der Waals surface area (Å²) in [6.07, 6.45) is 1.61. The highest BCUT2D eigenvalue weighted by Crippen LogP contribution is 2.13. The summed E-state index contributed by atoms with van der Waals surface area (Å²) in [5.74, 6) is 0.310. The Hall–Kier alpha value is -1.63. The lowest BCUT2D eigenvalue weighted by molar-refractivity contribution is -0.123. The third-order valence-corrected chi connectivity index (χ3v) is 3.78. The van der Waals surface area contributed by atoms with E-state index in [1.807, 2.05) is 24.3 Å². The fraction of sp³-hybridized carbons (Fsp3) is 0.235. The number of nitrogens with one attached hydrogen (secondary N) is 1. The zero-order valence-electron chi connectivity index (χ0n) is 12.0. The number of halogens is 2. The molecule has 3 nitrogen and oxygen atoms in total. The summed E-state index contributed by atoms with van der Waals surface area (Å²) in [7, 11) is 0. The molecule has 0 bridgehead atoms. The molecule has 0 spiro atoms. The van der Waals surface area contributed by atoms with Gasteiger partial charge in [-0.1, -0.05) is 12.1 Å². The van der Waals surface area contributed by atoms with Gasteiger partial charge in [-0.3, -0.25) is 4.79 Å². The van der Waals surface area contributed by atoms with Gasteiger partial charge < -0.3 is 10.1 Å². The number of ether oxygens (including phenoxy) is 1. The molecule has 0 saturated heterocycles. The van der Waals surface area contributed by atoms with Crippen molar-refractivity contribution in [2.75, 3.05) is 13.2 Å². The van der Waals surface area contributed by atoms with Gasteiger partial charge in [0.1, 0.15) is 11.6 Å². The zero-order chi connectivity index (χ0) is 15.8. The highest BCUT2D eigenvalue weighted by molar-refractivity contribution is 14.1. The zero-order valence-corrected chi connectivity index (χ0v) is 14.2. The van der Waals surface area contributed by atoms with Gasteiger partial charge in [-0.25, -0.2) is 4.39 Å². The molecule has 2 aromatic rings. The number of amides is 1. The largest absolute Gasteiger partial charge is 0.484 e. The Labute approximate surface area is 143 Å². The lowest BCUT2D eigenvalue weighted by atomic mass is 10.1. The van der Waals surface area contributed by atoms with Gasteiger partial charge in [0, 0.05) is 10.1 Å². The highest BCUT2D eigenvalue weighted by Gasteiger charge is 2.02. The monoisotopic (exact) mass is 413 g/mol. The molecular weight excluding hydrogens is 396 g/mol. The second-order valence-electron chi connectivity index (χ2n) is 4.82. The number of benzene rings is 2. The Morgan fingerprint density at radius 3 is 2.45 bits per heavy atom. The number of hydrogen-bond acceptors (Lipinski definition) is 2. The van der Waals surface area contributed by atoms with Gasteiger partial charge in [-0.2, -0.15) is 0 Å². The molecule has 0 unspecified atom stereocenters. The molecular formula is C17H17FINO2. The second kappa shape index (κ2) is 8.73. The van der Waals surface area contributed by atoms with Crippen molar-refractivity contribution < 1.29 is 13.9 Å². The summed E-state index contributed by atoms with van der Waals surface area (Å²) in [4.78, 5) is 11.7. The molecule has 1 amide bonds. The number of rotatable bonds is 7. The minimum Gasteiger partial charge on any atom is -0.484 e. The van der Waals surface area contributed by atoms with Crippen LogP contribution in [0.15, 0.2) is 48.5 Å². The van der Waals surface area contributed by atoms with Gasteiger partial charge >= 0.3 is 0 Å². The van der Waals surface area contributed by atoms with Gasteiger partial charge in [0.2, 0.25) is 0 Å². The van der Waals surface area contributed by atoms with Crippen molar-refractivity contribution >= 4 is 28.5 Å². The fourth-order valence-corrected chi connectivity index (χ4v) is 2.26. The van der Waals surface area contributed by atoms with Crippen LogP contribution < -0.4 is 10.1 Å². The molecule has 22 heavy (non-hydrogen) atoms. The van der Waals surface area contributed by atoms with E-state index in [1.165, 1.54) is 12.1 Å². The summed E-state index contributed by atoms with van der Waals surface area (Å²) >= 11 is 2.21. The smallest absolute Gasteiger partial charge is 0.257 e. The van der Waals surface area contributed by atoms with Crippen molar-refractivity contribution in [3.8, 4) is 5.75 Å². The summed E-state index contributed by atoms with van der Waals surface area (Å²) in [6.45, 7) is 0.587. The molecule has 0 aliphatic carbocycles. The fourth-order valence-electron chi connectivity index (χ4n) is 1.90. The molecule has 2 aromatic carbocycles. The first kappa shape index (κ1) is 16.7. The van der Waals surface area contributed by atoms with Crippen LogP contribution in [0, 0.1) is 9.39 Å². The molecule has 1 N–H and O–H groups in total. The van der Waals surface area contributed by atoms with Gasteiger partial charge in [0.25, 0.3) is 5.91 Å². The van der Waals surface area contributed by atoms with Gasteiger partial charge in [-0.15, -0.1) is 0 Å². The molecule has 116 valence electrons. The van der Waals surface area contributed by atoms with Gasteiger partial charge in [0.05, 0.1) is 0 Å². The van der Waals surface area contributed by atoms with Crippen LogP contribution in [0.5, 0.6) is 5.75 Å². The third kappa shape index (κ3) is 6.01. The Bertz CT molecular complexity index is 599. The number of carbonyl (C=O) groups excluding carboxylic acids is 1. The van der Waals surface area contributed by atoms with Crippen molar-refractivity contribution in [1.82, 2.24) is 5.32 Å². The standard InChI is InChI=1S/C17H17FINO2/c18-14-5-3-13(4-6-14)2-1-11-20-17(21)12-22-16-9-7-15(19)8-10-16/h3-10H,1-2,11-12H2,(H,20,21). The summed E-state index contributed by atoms with van der Waals surface area (Å²) in [5.41, 5.74) is 1.06. The molecule has 0 aliphatic rings. The normalized spacial score (nSPS) is 10.3. The summed E-state index contributed by atoms with van der Waals surface area (Å²) < 4.78 is 19.3. The van der Waals surface area contributed by atoms with Crippen LogP contribution in [0.2, 0.25) is 0 Å². The molecule has 0 aliphatic heterocycles. The van der Waals surface area contributed by atoms with E-state index in [-0.39, 0.29) is 18.3 Å².